The minimum Gasteiger partial charge on any atom is -0.462 e. The maximum Gasteiger partial charge on any atom is 0.341 e. The summed E-state index contributed by atoms with van der Waals surface area (Å²) >= 11 is 1.20. The van der Waals surface area contributed by atoms with E-state index in [0.29, 0.717) is 0 Å². The minimum atomic E-state index is -0.719. The van der Waals surface area contributed by atoms with Crippen molar-refractivity contribution in [2.75, 3.05) is 11.9 Å². The molecule has 29 heavy (non-hydrogen) atoms. The van der Waals surface area contributed by atoms with Crippen LogP contribution in [0.3, 0.4) is 0 Å². The average Bonchev–Trinajstić information content (AvgIpc) is 3.13. The van der Waals surface area contributed by atoms with E-state index in [1.54, 1.807) is 13.0 Å². The van der Waals surface area contributed by atoms with Gasteiger partial charge in [0.15, 0.2) is 0 Å². The lowest BCUT2D eigenvalue weighted by Gasteiger charge is -2.08. The molecule has 1 aromatic carbocycles. The van der Waals surface area contributed by atoms with Crippen molar-refractivity contribution in [2.24, 2.45) is 14.1 Å². The number of hydrogen-bond acceptors (Lipinski definition) is 6. The van der Waals surface area contributed by atoms with Crippen molar-refractivity contribution in [3.05, 3.63) is 74.6 Å². The van der Waals surface area contributed by atoms with Crippen LogP contribution in [0.25, 0.3) is 10.4 Å². The summed E-state index contributed by atoms with van der Waals surface area (Å²) in [6, 6.07) is 11.0. The lowest BCUT2D eigenvalue weighted by molar-refractivity contribution is 0.0528. The highest BCUT2D eigenvalue weighted by Gasteiger charge is 2.22. The number of anilines is 1. The van der Waals surface area contributed by atoms with Gasteiger partial charge >= 0.3 is 11.7 Å². The first-order valence-electron chi connectivity index (χ1n) is 8.77. The summed E-state index contributed by atoms with van der Waals surface area (Å²) in [7, 11) is 2.74. The van der Waals surface area contributed by atoms with Crippen LogP contribution >= 0.6 is 11.3 Å². The van der Waals surface area contributed by atoms with Gasteiger partial charge in [0.2, 0.25) is 0 Å². The first kappa shape index (κ1) is 20.3. The molecule has 9 heteroatoms. The molecule has 1 amide bonds. The number of nitrogens with one attached hydrogen (secondary N) is 1. The van der Waals surface area contributed by atoms with Crippen molar-refractivity contribution in [1.82, 2.24) is 9.13 Å². The van der Waals surface area contributed by atoms with E-state index < -0.39 is 23.1 Å². The van der Waals surface area contributed by atoms with Crippen LogP contribution in [-0.4, -0.2) is 27.6 Å². The van der Waals surface area contributed by atoms with Crippen molar-refractivity contribution in [3.63, 3.8) is 0 Å². The van der Waals surface area contributed by atoms with E-state index >= 15 is 0 Å². The Morgan fingerprint density at radius 3 is 2.45 bits per heavy atom. The van der Waals surface area contributed by atoms with Gasteiger partial charge in [-0.15, -0.1) is 11.3 Å². The summed E-state index contributed by atoms with van der Waals surface area (Å²) in [5.74, 6) is -1.29. The Kier molecular flexibility index (Phi) is 5.79. The van der Waals surface area contributed by atoms with E-state index in [4.69, 9.17) is 4.74 Å². The van der Waals surface area contributed by atoms with Crippen molar-refractivity contribution in [3.8, 4) is 10.4 Å². The Morgan fingerprint density at radius 2 is 1.79 bits per heavy atom. The number of hydrogen-bond donors (Lipinski definition) is 1. The van der Waals surface area contributed by atoms with Crippen molar-refractivity contribution in [2.45, 2.75) is 6.92 Å². The predicted octanol–water partition coefficient (Wildman–Crippen LogP) is 2.24. The molecule has 0 fully saturated rings. The van der Waals surface area contributed by atoms with Crippen LogP contribution in [0.1, 0.15) is 27.6 Å². The number of carbonyl (C=O) groups excluding carboxylic acids is 2. The number of aryl methyl sites for hydroxylation is 1. The number of aromatic nitrogens is 2. The van der Waals surface area contributed by atoms with Gasteiger partial charge in [0, 0.05) is 25.2 Å². The Hall–Kier alpha value is -3.46. The van der Waals surface area contributed by atoms with Crippen molar-refractivity contribution >= 4 is 28.2 Å². The van der Waals surface area contributed by atoms with Gasteiger partial charge in [-0.05, 0) is 18.6 Å². The fourth-order valence-corrected chi connectivity index (χ4v) is 3.77. The second-order valence-electron chi connectivity index (χ2n) is 6.19. The molecular weight excluding hydrogens is 394 g/mol. The first-order chi connectivity index (χ1) is 13.8. The normalized spacial score (nSPS) is 10.6. The summed E-state index contributed by atoms with van der Waals surface area (Å²) in [5.41, 5.74) is -0.393. The SMILES string of the molecule is CCOC(=O)c1cc(-c2ccccc2)sc1NC(=O)c1cn(C)c(=O)n(C)c1=O. The maximum absolute atomic E-state index is 12.7. The van der Waals surface area contributed by atoms with Crippen molar-refractivity contribution in [1.29, 1.82) is 0 Å². The Bertz CT molecular complexity index is 1190. The zero-order chi connectivity index (χ0) is 21.1. The summed E-state index contributed by atoms with van der Waals surface area (Å²) < 4.78 is 7.09. The fourth-order valence-electron chi connectivity index (χ4n) is 2.72. The average molecular weight is 413 g/mol. The topological polar surface area (TPSA) is 99.4 Å². The monoisotopic (exact) mass is 413 g/mol. The quantitative estimate of drug-likeness (QED) is 0.647. The highest BCUT2D eigenvalue weighted by molar-refractivity contribution is 7.20. The predicted molar refractivity (Wildman–Crippen MR) is 111 cm³/mol. The highest BCUT2D eigenvalue weighted by atomic mass is 32.1. The molecule has 0 radical (unpaired) electrons. The molecule has 0 aliphatic rings. The third kappa shape index (κ3) is 4.04. The Labute approximate surface area is 170 Å². The molecule has 2 heterocycles. The second-order valence-corrected chi connectivity index (χ2v) is 7.25. The number of rotatable bonds is 5. The molecule has 1 N–H and O–H groups in total. The van der Waals surface area contributed by atoms with Gasteiger partial charge in [0.1, 0.15) is 10.6 Å². The summed E-state index contributed by atoms with van der Waals surface area (Å²) in [6.45, 7) is 1.87. The number of carbonyl (C=O) groups is 2. The molecule has 0 spiro atoms. The number of nitrogens with zero attached hydrogens (tertiary/aromatic N) is 2. The van der Waals surface area contributed by atoms with Gasteiger partial charge in [-0.25, -0.2) is 9.59 Å². The van der Waals surface area contributed by atoms with E-state index in [2.05, 4.69) is 5.32 Å². The van der Waals surface area contributed by atoms with Gasteiger partial charge < -0.3 is 14.6 Å². The number of amides is 1. The first-order valence-corrected chi connectivity index (χ1v) is 9.59. The van der Waals surface area contributed by atoms with Gasteiger partial charge in [-0.2, -0.15) is 0 Å². The molecule has 0 bridgehead atoms. The Balaban J connectivity index is 2.03. The molecular formula is C20H19N3O5S. The van der Waals surface area contributed by atoms with E-state index in [1.807, 2.05) is 30.3 Å². The second kappa shape index (κ2) is 8.27. The summed E-state index contributed by atoms with van der Waals surface area (Å²) in [6.07, 6.45) is 1.18. The molecule has 150 valence electrons. The molecule has 3 aromatic rings. The van der Waals surface area contributed by atoms with Gasteiger partial charge in [-0.3, -0.25) is 14.2 Å². The van der Waals surface area contributed by atoms with Crippen LogP contribution < -0.4 is 16.6 Å². The fraction of sp³-hybridized carbons (Fsp3) is 0.200. The van der Waals surface area contributed by atoms with Gasteiger partial charge in [-0.1, -0.05) is 30.3 Å². The molecule has 0 atom stereocenters. The Morgan fingerprint density at radius 1 is 1.10 bits per heavy atom. The largest absolute Gasteiger partial charge is 0.462 e. The van der Waals surface area contributed by atoms with Crippen LogP contribution in [-0.2, 0) is 18.8 Å². The summed E-state index contributed by atoms with van der Waals surface area (Å²) in [4.78, 5) is 50.0. The van der Waals surface area contributed by atoms with Crippen LogP contribution in [0, 0.1) is 0 Å². The van der Waals surface area contributed by atoms with Crippen LogP contribution in [0.4, 0.5) is 5.00 Å². The molecule has 0 aliphatic heterocycles. The van der Waals surface area contributed by atoms with E-state index in [1.165, 1.54) is 31.6 Å². The molecule has 8 nitrogen and oxygen atoms in total. The van der Waals surface area contributed by atoms with Gasteiger partial charge in [0.05, 0.1) is 12.2 Å². The summed E-state index contributed by atoms with van der Waals surface area (Å²) in [5, 5.41) is 2.89. The minimum absolute atomic E-state index is 0.185. The standard InChI is InChI=1S/C20H19N3O5S/c1-4-28-19(26)13-10-15(12-8-6-5-7-9-12)29-17(13)21-16(24)14-11-22(2)20(27)23(3)18(14)25/h5-11H,4H2,1-3H3,(H,21,24). The number of ether oxygens (including phenoxy) is 1. The highest BCUT2D eigenvalue weighted by Crippen LogP contribution is 2.36. The van der Waals surface area contributed by atoms with E-state index in [-0.39, 0.29) is 22.7 Å². The third-order valence-electron chi connectivity index (χ3n) is 4.20. The maximum atomic E-state index is 12.7. The van der Waals surface area contributed by atoms with Crippen LogP contribution in [0.5, 0.6) is 0 Å². The number of esters is 1. The molecule has 0 unspecified atom stereocenters. The van der Waals surface area contributed by atoms with E-state index in [9.17, 15) is 19.2 Å². The number of benzene rings is 1. The van der Waals surface area contributed by atoms with Crippen molar-refractivity contribution < 1.29 is 14.3 Å². The lowest BCUT2D eigenvalue weighted by atomic mass is 10.1. The third-order valence-corrected chi connectivity index (χ3v) is 5.30. The van der Waals surface area contributed by atoms with Crippen LogP contribution in [0.15, 0.2) is 52.2 Å². The number of thiophene rings is 1. The van der Waals surface area contributed by atoms with E-state index in [0.717, 1.165) is 19.6 Å². The molecule has 0 saturated carbocycles. The zero-order valence-electron chi connectivity index (χ0n) is 16.1. The molecule has 3 rings (SSSR count). The molecule has 0 saturated heterocycles. The lowest BCUT2D eigenvalue weighted by Crippen LogP contribution is -2.40. The van der Waals surface area contributed by atoms with Crippen LogP contribution in [0.2, 0.25) is 0 Å². The smallest absolute Gasteiger partial charge is 0.341 e. The molecule has 2 aromatic heterocycles. The van der Waals surface area contributed by atoms with Gasteiger partial charge in [0.25, 0.3) is 11.5 Å². The zero-order valence-corrected chi connectivity index (χ0v) is 16.9. The molecule has 0 aliphatic carbocycles.